The highest BCUT2D eigenvalue weighted by Crippen LogP contribution is 2.13. The average Bonchev–Trinajstić information content (AvgIpc) is 2.45. The minimum absolute atomic E-state index is 0.0429. The van der Waals surface area contributed by atoms with E-state index in [1.807, 2.05) is 27.7 Å². The maximum absolute atomic E-state index is 8.61. The molecule has 0 aromatic carbocycles. The molecule has 0 rings (SSSR count). The Bertz CT molecular complexity index is 218. The lowest BCUT2D eigenvalue weighted by Crippen LogP contribution is -2.24. The van der Waals surface area contributed by atoms with Crippen LogP contribution in [0.1, 0.15) is 66.2 Å². The minimum atomic E-state index is -0.652. The van der Waals surface area contributed by atoms with Crippen molar-refractivity contribution in [1.82, 2.24) is 0 Å². The van der Waals surface area contributed by atoms with Crippen molar-refractivity contribution in [3.63, 3.8) is 0 Å². The zero-order chi connectivity index (χ0) is 14.5. The molecule has 0 amide bonds. The van der Waals surface area contributed by atoms with Crippen LogP contribution >= 0.6 is 0 Å². The summed E-state index contributed by atoms with van der Waals surface area (Å²) in [7, 11) is 0. The lowest BCUT2D eigenvalue weighted by atomic mass is 10.2. The summed E-state index contributed by atoms with van der Waals surface area (Å²) >= 11 is 0. The van der Waals surface area contributed by atoms with Crippen molar-refractivity contribution < 1.29 is 19.6 Å². The van der Waals surface area contributed by atoms with Gasteiger partial charge in [0.15, 0.2) is 0 Å². The van der Waals surface area contributed by atoms with Gasteiger partial charge in [-0.1, -0.05) is 27.7 Å². The van der Waals surface area contributed by atoms with Gasteiger partial charge < -0.3 is 0 Å². The molecule has 5 nitrogen and oxygen atoms in total. The Labute approximate surface area is 116 Å². The Morgan fingerprint density at radius 3 is 1.53 bits per heavy atom. The topological polar surface area (TPSA) is 60.7 Å². The van der Waals surface area contributed by atoms with Crippen LogP contribution in [0.3, 0.4) is 0 Å². The molecule has 0 N–H and O–H groups in total. The van der Waals surface area contributed by atoms with E-state index < -0.39 is 6.29 Å². The van der Waals surface area contributed by atoms with Gasteiger partial charge in [0.25, 0.3) is 0 Å². The molecule has 112 valence electrons. The van der Waals surface area contributed by atoms with Crippen LogP contribution < -0.4 is 0 Å². The molecule has 0 radical (unpaired) electrons. The minimum Gasteiger partial charge on any atom is -0.231 e. The van der Waals surface area contributed by atoms with Gasteiger partial charge in [-0.25, -0.2) is 19.6 Å². The summed E-state index contributed by atoms with van der Waals surface area (Å²) in [6, 6.07) is 2.06. The third kappa shape index (κ3) is 8.95. The van der Waals surface area contributed by atoms with Crippen molar-refractivity contribution >= 4 is 0 Å². The first kappa shape index (κ1) is 18.3. The van der Waals surface area contributed by atoms with E-state index in [2.05, 4.69) is 6.07 Å². The molecule has 0 fully saturated rings. The Hall–Kier alpha value is -0.670. The molecule has 0 aromatic rings. The van der Waals surface area contributed by atoms with Gasteiger partial charge in [0.2, 0.25) is 6.29 Å². The molecule has 0 heterocycles. The Balaban J connectivity index is 4.10. The highest BCUT2D eigenvalue weighted by molar-refractivity contribution is 4.68. The largest absolute Gasteiger partial charge is 0.231 e. The standard InChI is InChI=1S/C14H27NO4/c1-5-12(6-2)16-18-14(10-9-11-15)19-17-13(7-3)8-4/h12-14H,5-10H2,1-4H3. The van der Waals surface area contributed by atoms with Gasteiger partial charge in [-0.2, -0.15) is 5.26 Å². The van der Waals surface area contributed by atoms with Crippen LogP contribution in [0.2, 0.25) is 0 Å². The number of rotatable bonds is 12. The van der Waals surface area contributed by atoms with Crippen molar-refractivity contribution in [2.75, 3.05) is 0 Å². The van der Waals surface area contributed by atoms with Gasteiger partial charge in [0.1, 0.15) is 0 Å². The van der Waals surface area contributed by atoms with Gasteiger partial charge in [0, 0.05) is 12.8 Å². The molecular weight excluding hydrogens is 246 g/mol. The number of hydrogen-bond acceptors (Lipinski definition) is 5. The quantitative estimate of drug-likeness (QED) is 0.307. The molecular formula is C14H27NO4. The fourth-order valence-electron chi connectivity index (χ4n) is 1.43. The van der Waals surface area contributed by atoms with E-state index in [4.69, 9.17) is 24.8 Å². The molecule has 19 heavy (non-hydrogen) atoms. The zero-order valence-electron chi connectivity index (χ0n) is 12.6. The molecule has 0 spiro atoms. The molecule has 5 heteroatoms. The average molecular weight is 273 g/mol. The Morgan fingerprint density at radius 1 is 0.789 bits per heavy atom. The second-order valence-corrected chi connectivity index (χ2v) is 4.39. The first-order chi connectivity index (χ1) is 9.21. The van der Waals surface area contributed by atoms with E-state index in [-0.39, 0.29) is 12.2 Å². The van der Waals surface area contributed by atoms with Crippen LogP contribution in [0.15, 0.2) is 0 Å². The van der Waals surface area contributed by atoms with E-state index >= 15 is 0 Å². The summed E-state index contributed by atoms with van der Waals surface area (Å²) in [4.78, 5) is 21.0. The molecule has 0 bridgehead atoms. The lowest BCUT2D eigenvalue weighted by molar-refractivity contribution is -0.482. The third-order valence-corrected chi connectivity index (χ3v) is 2.91. The number of hydrogen-bond donors (Lipinski definition) is 0. The number of nitriles is 1. The Kier molecular flexibility index (Phi) is 11.9. The van der Waals surface area contributed by atoms with Crippen molar-refractivity contribution in [3.8, 4) is 6.07 Å². The van der Waals surface area contributed by atoms with Crippen molar-refractivity contribution in [1.29, 1.82) is 5.26 Å². The van der Waals surface area contributed by atoms with E-state index in [1.165, 1.54) is 0 Å². The maximum atomic E-state index is 8.61. The summed E-state index contributed by atoms with van der Waals surface area (Å²) in [6.07, 6.45) is 3.68. The summed E-state index contributed by atoms with van der Waals surface area (Å²) in [5.41, 5.74) is 0. The Morgan fingerprint density at radius 2 is 1.21 bits per heavy atom. The van der Waals surface area contributed by atoms with Gasteiger partial charge >= 0.3 is 0 Å². The van der Waals surface area contributed by atoms with Crippen LogP contribution in [0, 0.1) is 11.3 Å². The van der Waals surface area contributed by atoms with Crippen molar-refractivity contribution in [2.24, 2.45) is 0 Å². The highest BCUT2D eigenvalue weighted by Gasteiger charge is 2.17. The van der Waals surface area contributed by atoms with E-state index in [0.717, 1.165) is 25.7 Å². The van der Waals surface area contributed by atoms with Gasteiger partial charge in [-0.3, -0.25) is 0 Å². The molecule has 0 aliphatic carbocycles. The van der Waals surface area contributed by atoms with E-state index in [9.17, 15) is 0 Å². The van der Waals surface area contributed by atoms with E-state index in [0.29, 0.717) is 12.8 Å². The van der Waals surface area contributed by atoms with Crippen molar-refractivity contribution in [2.45, 2.75) is 84.7 Å². The molecule has 0 aliphatic rings. The maximum Gasteiger partial charge on any atom is 0.225 e. The summed E-state index contributed by atoms with van der Waals surface area (Å²) < 4.78 is 0. The summed E-state index contributed by atoms with van der Waals surface area (Å²) in [5, 5.41) is 8.61. The molecule has 0 atom stereocenters. The predicted molar refractivity (Wildman–Crippen MR) is 71.7 cm³/mol. The molecule has 0 unspecified atom stereocenters. The van der Waals surface area contributed by atoms with Crippen LogP contribution in [0.5, 0.6) is 0 Å². The van der Waals surface area contributed by atoms with Gasteiger partial charge in [-0.15, -0.1) is 0 Å². The van der Waals surface area contributed by atoms with Gasteiger partial charge in [0.05, 0.1) is 18.3 Å². The van der Waals surface area contributed by atoms with Crippen LogP contribution in [-0.4, -0.2) is 18.5 Å². The van der Waals surface area contributed by atoms with Crippen LogP contribution in [0.25, 0.3) is 0 Å². The van der Waals surface area contributed by atoms with E-state index in [1.54, 1.807) is 0 Å². The first-order valence-corrected chi connectivity index (χ1v) is 7.22. The van der Waals surface area contributed by atoms with Crippen LogP contribution in [-0.2, 0) is 19.6 Å². The lowest BCUT2D eigenvalue weighted by Gasteiger charge is -2.21. The highest BCUT2D eigenvalue weighted by atomic mass is 17.3. The van der Waals surface area contributed by atoms with Crippen LogP contribution in [0.4, 0.5) is 0 Å². The molecule has 0 aromatic heterocycles. The molecule has 0 aliphatic heterocycles. The fourth-order valence-corrected chi connectivity index (χ4v) is 1.43. The SMILES string of the molecule is CCC(CC)OOC(CCC#N)OOC(CC)CC. The zero-order valence-corrected chi connectivity index (χ0v) is 12.6. The summed E-state index contributed by atoms with van der Waals surface area (Å²) in [6.45, 7) is 8.12. The smallest absolute Gasteiger partial charge is 0.225 e. The number of nitrogens with zero attached hydrogens (tertiary/aromatic N) is 1. The normalized spacial score (nSPS) is 11.5. The molecule has 0 saturated heterocycles. The third-order valence-electron chi connectivity index (χ3n) is 2.91. The molecule has 0 saturated carbocycles. The predicted octanol–water partition coefficient (Wildman–Crippen LogP) is 3.89. The second-order valence-electron chi connectivity index (χ2n) is 4.39. The monoisotopic (exact) mass is 273 g/mol. The summed E-state index contributed by atoms with van der Waals surface area (Å²) in [5.74, 6) is 0. The first-order valence-electron chi connectivity index (χ1n) is 7.22. The van der Waals surface area contributed by atoms with Gasteiger partial charge in [-0.05, 0) is 25.7 Å². The second kappa shape index (κ2) is 12.4. The van der Waals surface area contributed by atoms with Crippen molar-refractivity contribution in [3.05, 3.63) is 0 Å². The fraction of sp³-hybridized carbons (Fsp3) is 0.929.